The summed E-state index contributed by atoms with van der Waals surface area (Å²) in [5, 5.41) is 26.1. The minimum absolute atomic E-state index is 0. The van der Waals surface area contributed by atoms with Crippen LogP contribution in [-0.4, -0.2) is 66.7 Å². The summed E-state index contributed by atoms with van der Waals surface area (Å²) >= 11 is 0. The number of ether oxygens (including phenoxy) is 1. The Kier molecular flexibility index (Phi) is 17.7. The van der Waals surface area contributed by atoms with Crippen LogP contribution >= 0.6 is 0 Å². The first-order valence-electron chi connectivity index (χ1n) is 15.9. The molecule has 0 atom stereocenters. The normalized spacial score (nSPS) is 9.47. The van der Waals surface area contributed by atoms with Crippen molar-refractivity contribution in [2.45, 2.75) is 6.92 Å². The third-order valence-electron chi connectivity index (χ3n) is 6.75. The van der Waals surface area contributed by atoms with Crippen LogP contribution < -0.4 is 49.6 Å². The van der Waals surface area contributed by atoms with Crippen LogP contribution in [-0.2, 0) is 4.79 Å². The first kappa shape index (κ1) is 43.6. The Bertz CT molecular complexity index is 2250. The van der Waals surface area contributed by atoms with E-state index in [-0.39, 0.29) is 17.3 Å². The number of nitrogen functional groups attached to an aromatic ring is 3. The van der Waals surface area contributed by atoms with E-state index < -0.39 is 5.97 Å². The highest BCUT2D eigenvalue weighted by Crippen LogP contribution is 2.28. The van der Waals surface area contributed by atoms with E-state index >= 15 is 0 Å². The van der Waals surface area contributed by atoms with E-state index in [1.165, 1.54) is 0 Å². The molecule has 17 N–H and O–H groups in total. The van der Waals surface area contributed by atoms with Crippen LogP contribution in [0.15, 0.2) is 109 Å². The van der Waals surface area contributed by atoms with Gasteiger partial charge in [-0.05, 0) is 53.9 Å². The fourth-order valence-electron chi connectivity index (χ4n) is 4.55. The van der Waals surface area contributed by atoms with Gasteiger partial charge in [-0.25, -0.2) is 9.97 Å². The molecule has 0 radical (unpaired) electrons. The highest BCUT2D eigenvalue weighted by molar-refractivity contribution is 6.11. The Morgan fingerprint density at radius 1 is 0.764 bits per heavy atom. The van der Waals surface area contributed by atoms with Gasteiger partial charge < -0.3 is 48.5 Å². The number of hydrazine groups is 1. The minimum Gasteiger partial charge on any atom is -0.496 e. The third-order valence-corrected chi connectivity index (χ3v) is 6.75. The molecular weight excluding hydrogens is 708 g/mol. The Labute approximate surface area is 315 Å². The number of anilines is 7. The second kappa shape index (κ2) is 22.4. The summed E-state index contributed by atoms with van der Waals surface area (Å²) in [4.78, 5) is 37.1. The molecule has 55 heavy (non-hydrogen) atoms. The zero-order valence-electron chi connectivity index (χ0n) is 30.2. The number of aliphatic carboxylic acids is 1. The molecule has 0 bridgehead atoms. The molecule has 0 aliphatic heterocycles. The van der Waals surface area contributed by atoms with Crippen molar-refractivity contribution in [1.82, 2.24) is 30.1 Å². The van der Waals surface area contributed by atoms with Crippen LogP contribution in [0.25, 0.3) is 21.7 Å². The molecule has 288 valence electrons. The maximum Gasteiger partial charge on any atom is 0.300 e. The molecule has 0 saturated heterocycles. The van der Waals surface area contributed by atoms with Gasteiger partial charge in [0.1, 0.15) is 17.4 Å². The molecule has 19 nitrogen and oxygen atoms in total. The molecule has 4 aromatic carbocycles. The Hall–Kier alpha value is -7.61. The topological polar surface area (TPSA) is 342 Å². The number of aromatic amines is 1. The smallest absolute Gasteiger partial charge is 0.300 e. The standard InChI is InChI=1S/C18H15N7O.C11H11NO.C5H8N4.C2H4O2.H4N2.H2O/c19-18-20-9-8-15(23-18)21-12-6-7-14-13(10-12)16(25-24-14)17(26)22-11-4-2-1-3-5-11;1-13-11-7-9(12)6-8-4-2-3-5-10(8)11;1-7-4-2-3-8-5(6)9-4;1-2(3)4;1-2;/h1-10H,(H,22,26)(H,24,25)(H3,19,20,21,23);2-7H,12H2,1H3;2-3H,1H3,(H3,6,7,8,9);1H3,(H,3,4);1-2H2;1H2. The number of nitrogens with two attached hydrogens (primary N) is 5. The second-order valence-electron chi connectivity index (χ2n) is 10.6. The first-order valence-corrected chi connectivity index (χ1v) is 15.9. The molecule has 0 fully saturated rings. The number of aromatic nitrogens is 6. The van der Waals surface area contributed by atoms with Gasteiger partial charge in [0, 0.05) is 60.3 Å². The summed E-state index contributed by atoms with van der Waals surface area (Å²) in [5.41, 5.74) is 19.9. The number of hydrogen-bond acceptors (Lipinski definition) is 15. The minimum atomic E-state index is -0.833. The van der Waals surface area contributed by atoms with Crippen molar-refractivity contribution < 1.29 is 24.9 Å². The number of nitrogens with zero attached hydrogens (tertiary/aromatic N) is 5. The Morgan fingerprint density at radius 3 is 1.96 bits per heavy atom. The van der Waals surface area contributed by atoms with E-state index in [0.29, 0.717) is 28.5 Å². The van der Waals surface area contributed by atoms with Crippen LogP contribution in [0.4, 0.5) is 40.6 Å². The fraction of sp³-hybridized carbons (Fsp3) is 0.0833. The van der Waals surface area contributed by atoms with Gasteiger partial charge >= 0.3 is 0 Å². The molecule has 19 heteroatoms. The highest BCUT2D eigenvalue weighted by Gasteiger charge is 2.15. The van der Waals surface area contributed by atoms with Crippen molar-refractivity contribution in [2.24, 2.45) is 11.7 Å². The van der Waals surface area contributed by atoms with Gasteiger partial charge in [0.2, 0.25) is 11.9 Å². The number of nitrogens with one attached hydrogen (secondary N) is 4. The number of carboxylic acid groups (broad SMARTS) is 1. The van der Waals surface area contributed by atoms with Crippen LogP contribution in [0, 0.1) is 0 Å². The number of carbonyl (C=O) groups is 2. The molecule has 0 saturated carbocycles. The molecule has 1 amide bonds. The van der Waals surface area contributed by atoms with Crippen LogP contribution in [0.1, 0.15) is 17.4 Å². The van der Waals surface area contributed by atoms with E-state index in [4.69, 9.17) is 31.8 Å². The average Bonchev–Trinajstić information content (AvgIpc) is 3.59. The molecule has 0 aliphatic rings. The number of methoxy groups -OCH3 is 1. The number of fused-ring (bicyclic) bond motifs is 2. The van der Waals surface area contributed by atoms with Gasteiger partial charge in [0.05, 0.1) is 12.6 Å². The molecule has 7 rings (SSSR count). The largest absolute Gasteiger partial charge is 0.496 e. The van der Waals surface area contributed by atoms with Gasteiger partial charge in [-0.3, -0.25) is 26.4 Å². The maximum absolute atomic E-state index is 12.6. The predicted octanol–water partition coefficient (Wildman–Crippen LogP) is 3.55. The summed E-state index contributed by atoms with van der Waals surface area (Å²) < 4.78 is 5.23. The number of hydrogen-bond donors (Lipinski definition) is 10. The van der Waals surface area contributed by atoms with E-state index in [2.05, 4.69) is 57.8 Å². The number of benzene rings is 4. The van der Waals surface area contributed by atoms with E-state index in [1.807, 2.05) is 84.9 Å². The molecule has 3 heterocycles. The molecule has 7 aromatic rings. The number of H-pyrrole nitrogens is 1. The van der Waals surface area contributed by atoms with Crippen molar-refractivity contribution in [3.8, 4) is 5.75 Å². The van der Waals surface area contributed by atoms with E-state index in [1.54, 1.807) is 38.7 Å². The summed E-state index contributed by atoms with van der Waals surface area (Å²) in [6.07, 6.45) is 3.17. The summed E-state index contributed by atoms with van der Waals surface area (Å²) in [6.45, 7) is 1.08. The summed E-state index contributed by atoms with van der Waals surface area (Å²) in [7, 11) is 3.43. The monoisotopic (exact) mass is 752 g/mol. The van der Waals surface area contributed by atoms with Crippen LogP contribution in [0.2, 0.25) is 0 Å². The van der Waals surface area contributed by atoms with Crippen molar-refractivity contribution in [3.63, 3.8) is 0 Å². The number of carbonyl (C=O) groups excluding carboxylic acids is 1. The Morgan fingerprint density at radius 2 is 1.36 bits per heavy atom. The average molecular weight is 753 g/mol. The van der Waals surface area contributed by atoms with Gasteiger partial charge in [-0.15, -0.1) is 0 Å². The van der Waals surface area contributed by atoms with Gasteiger partial charge in [0.15, 0.2) is 5.69 Å². The lowest BCUT2D eigenvalue weighted by Crippen LogP contribution is -2.12. The van der Waals surface area contributed by atoms with E-state index in [9.17, 15) is 4.79 Å². The SMILES string of the molecule is CC(=O)O.CNc1ccnc(N)n1.COc1cc(N)cc2ccccc12.NN.Nc1nccc(Nc2ccc3[nH]nc(C(=O)Nc4ccccc4)c3c2)n1.O. The Balaban J connectivity index is 0.000000300. The van der Waals surface area contributed by atoms with Crippen LogP contribution in [0.5, 0.6) is 5.75 Å². The van der Waals surface area contributed by atoms with E-state index in [0.717, 1.165) is 46.2 Å². The summed E-state index contributed by atoms with van der Waals surface area (Å²) in [6, 6.07) is 30.0. The second-order valence-corrected chi connectivity index (χ2v) is 10.6. The number of amides is 1. The molecular formula is C36H44N14O5. The van der Waals surface area contributed by atoms with Gasteiger partial charge in [-0.1, -0.05) is 42.5 Å². The number of carboxylic acids is 1. The molecule has 0 unspecified atom stereocenters. The van der Waals surface area contributed by atoms with Gasteiger partial charge in [-0.2, -0.15) is 15.1 Å². The lowest BCUT2D eigenvalue weighted by atomic mass is 10.1. The van der Waals surface area contributed by atoms with Crippen molar-refractivity contribution >= 4 is 74.1 Å². The third kappa shape index (κ3) is 13.8. The number of para-hydroxylation sites is 1. The van der Waals surface area contributed by atoms with Crippen molar-refractivity contribution in [2.75, 3.05) is 47.3 Å². The lowest BCUT2D eigenvalue weighted by molar-refractivity contribution is -0.134. The summed E-state index contributed by atoms with van der Waals surface area (Å²) in [5.74, 6) is 9.49. The van der Waals surface area contributed by atoms with Crippen LogP contribution in [0.3, 0.4) is 0 Å². The van der Waals surface area contributed by atoms with Crippen molar-refractivity contribution in [1.29, 1.82) is 0 Å². The van der Waals surface area contributed by atoms with Gasteiger partial charge in [0.25, 0.3) is 11.9 Å². The predicted molar refractivity (Wildman–Crippen MR) is 216 cm³/mol. The molecule has 0 spiro atoms. The zero-order chi connectivity index (χ0) is 39.5. The number of rotatable bonds is 6. The zero-order valence-corrected chi connectivity index (χ0v) is 30.2. The first-order chi connectivity index (χ1) is 26.1. The molecule has 3 aromatic heterocycles. The quantitative estimate of drug-likeness (QED) is 0.0659. The maximum atomic E-state index is 12.6. The lowest BCUT2D eigenvalue weighted by Gasteiger charge is -2.06. The fourth-order valence-corrected chi connectivity index (χ4v) is 4.55. The van der Waals surface area contributed by atoms with Crippen molar-refractivity contribution in [3.05, 3.63) is 115 Å². The molecule has 0 aliphatic carbocycles. The highest BCUT2D eigenvalue weighted by atomic mass is 16.5.